The summed E-state index contributed by atoms with van der Waals surface area (Å²) in [7, 11) is 0. The van der Waals surface area contributed by atoms with Gasteiger partial charge in [0, 0.05) is 24.7 Å². The first-order chi connectivity index (χ1) is 15.0. The minimum absolute atomic E-state index is 0. The van der Waals surface area contributed by atoms with Crippen molar-refractivity contribution in [2.75, 3.05) is 24.5 Å². The lowest BCUT2D eigenvalue weighted by atomic mass is 9.94. The smallest absolute Gasteiger partial charge is 0.325 e. The lowest BCUT2D eigenvalue weighted by molar-refractivity contribution is -0.147. The molecule has 1 unspecified atom stereocenters. The number of urea groups is 1. The molecule has 0 bridgehead atoms. The molecule has 1 saturated carbocycles. The monoisotopic (exact) mass is 463 g/mol. The molecular weight excluding hydrogens is 426 g/mol. The summed E-state index contributed by atoms with van der Waals surface area (Å²) in [5, 5.41) is 3.46. The van der Waals surface area contributed by atoms with Gasteiger partial charge in [-0.25, -0.2) is 4.79 Å². The van der Waals surface area contributed by atoms with E-state index in [9.17, 15) is 9.59 Å². The van der Waals surface area contributed by atoms with Crippen molar-refractivity contribution in [3.8, 4) is 0 Å². The molecule has 1 atom stereocenters. The molecule has 6 nitrogen and oxygen atoms in total. The summed E-state index contributed by atoms with van der Waals surface area (Å²) in [6.07, 6.45) is 8.76. The third kappa shape index (κ3) is 5.76. The molecule has 4 rings (SSSR count). The van der Waals surface area contributed by atoms with E-state index in [1.165, 1.54) is 30.4 Å². The third-order valence-corrected chi connectivity index (χ3v) is 6.90. The van der Waals surface area contributed by atoms with Gasteiger partial charge in [-0.15, -0.1) is 12.4 Å². The number of hydrogen-bond acceptors (Lipinski definition) is 4. The summed E-state index contributed by atoms with van der Waals surface area (Å²) in [6.45, 7) is 6.43. The van der Waals surface area contributed by atoms with Crippen molar-refractivity contribution in [2.24, 2.45) is 0 Å². The van der Waals surface area contributed by atoms with E-state index in [4.69, 9.17) is 4.74 Å². The number of halogens is 1. The molecule has 1 saturated heterocycles. The van der Waals surface area contributed by atoms with Crippen LogP contribution in [0.5, 0.6) is 0 Å². The van der Waals surface area contributed by atoms with Crippen LogP contribution in [0.4, 0.5) is 10.5 Å². The summed E-state index contributed by atoms with van der Waals surface area (Å²) in [5.74, 6) is -0.175. The molecule has 0 radical (unpaired) electrons. The highest BCUT2D eigenvalue weighted by Gasteiger charge is 2.41. The van der Waals surface area contributed by atoms with Crippen molar-refractivity contribution < 1.29 is 14.3 Å². The number of anilines is 1. The van der Waals surface area contributed by atoms with Crippen LogP contribution >= 0.6 is 12.4 Å². The predicted molar refractivity (Wildman–Crippen MR) is 130 cm³/mol. The van der Waals surface area contributed by atoms with Crippen LogP contribution in [0.2, 0.25) is 0 Å². The first kappa shape index (κ1) is 24.8. The highest BCUT2D eigenvalue weighted by Crippen LogP contribution is 2.34. The Bertz CT molecular complexity index is 795. The Hall–Kier alpha value is -1.79. The maximum atomic E-state index is 13.6. The SMILES string of the molecule is CC(C)OC(=O)CCC1CN(C2CCCCC2)C(=O)N1c1ccc2c(c1)CCNCC2.Cl. The van der Waals surface area contributed by atoms with Crippen LogP contribution in [0.25, 0.3) is 0 Å². The van der Waals surface area contributed by atoms with E-state index in [2.05, 4.69) is 28.4 Å². The van der Waals surface area contributed by atoms with Crippen molar-refractivity contribution in [3.63, 3.8) is 0 Å². The van der Waals surface area contributed by atoms with Crippen molar-refractivity contribution >= 4 is 30.1 Å². The summed E-state index contributed by atoms with van der Waals surface area (Å²) >= 11 is 0. The molecule has 1 aliphatic carbocycles. The molecule has 3 aliphatic rings. The van der Waals surface area contributed by atoms with Gasteiger partial charge in [-0.2, -0.15) is 0 Å². The maximum Gasteiger partial charge on any atom is 0.325 e. The fraction of sp³-hybridized carbons (Fsp3) is 0.680. The van der Waals surface area contributed by atoms with Gasteiger partial charge in [-0.05, 0) is 82.3 Å². The van der Waals surface area contributed by atoms with Gasteiger partial charge in [0.05, 0.1) is 12.1 Å². The second kappa shape index (κ2) is 11.4. The zero-order valence-electron chi connectivity index (χ0n) is 19.5. The number of benzene rings is 1. The highest BCUT2D eigenvalue weighted by atomic mass is 35.5. The van der Waals surface area contributed by atoms with Crippen LogP contribution in [0.1, 0.15) is 69.9 Å². The Balaban J connectivity index is 0.00000289. The van der Waals surface area contributed by atoms with Crippen molar-refractivity contribution in [3.05, 3.63) is 29.3 Å². The Morgan fingerprint density at radius 1 is 1.12 bits per heavy atom. The minimum Gasteiger partial charge on any atom is -0.463 e. The van der Waals surface area contributed by atoms with Gasteiger partial charge in [0.2, 0.25) is 0 Å². The zero-order valence-corrected chi connectivity index (χ0v) is 20.3. The van der Waals surface area contributed by atoms with E-state index in [1.54, 1.807) is 0 Å². The van der Waals surface area contributed by atoms with E-state index in [0.717, 1.165) is 44.5 Å². The maximum absolute atomic E-state index is 13.6. The van der Waals surface area contributed by atoms with Crippen LogP contribution in [-0.2, 0) is 22.4 Å². The Morgan fingerprint density at radius 3 is 2.56 bits per heavy atom. The number of rotatable bonds is 6. The number of nitrogens with zero attached hydrogens (tertiary/aromatic N) is 2. The third-order valence-electron chi connectivity index (χ3n) is 6.90. The molecule has 178 valence electrons. The lowest BCUT2D eigenvalue weighted by Gasteiger charge is -2.30. The normalized spacial score (nSPS) is 21.8. The molecule has 2 amide bonds. The summed E-state index contributed by atoms with van der Waals surface area (Å²) < 4.78 is 5.35. The average Bonchev–Trinajstić information content (AvgIpc) is 2.92. The van der Waals surface area contributed by atoms with Crippen molar-refractivity contribution in [2.45, 2.75) is 89.8 Å². The molecular formula is C25H38ClN3O3. The first-order valence-corrected chi connectivity index (χ1v) is 12.1. The van der Waals surface area contributed by atoms with Crippen LogP contribution in [0.3, 0.4) is 0 Å². The molecule has 32 heavy (non-hydrogen) atoms. The van der Waals surface area contributed by atoms with Crippen molar-refractivity contribution in [1.82, 2.24) is 10.2 Å². The Kier molecular flexibility index (Phi) is 8.83. The fourth-order valence-corrected chi connectivity index (χ4v) is 5.34. The number of hydrogen-bond donors (Lipinski definition) is 1. The van der Waals surface area contributed by atoms with Crippen LogP contribution in [0.15, 0.2) is 18.2 Å². The van der Waals surface area contributed by atoms with Gasteiger partial charge < -0.3 is 15.0 Å². The highest BCUT2D eigenvalue weighted by molar-refractivity contribution is 5.95. The Labute approximate surface area is 198 Å². The van der Waals surface area contributed by atoms with E-state index < -0.39 is 0 Å². The van der Waals surface area contributed by atoms with E-state index >= 15 is 0 Å². The van der Waals surface area contributed by atoms with Crippen molar-refractivity contribution in [1.29, 1.82) is 0 Å². The number of esters is 1. The largest absolute Gasteiger partial charge is 0.463 e. The number of carbonyl (C=O) groups is 2. The van der Waals surface area contributed by atoms with Gasteiger partial charge in [-0.1, -0.05) is 25.3 Å². The quantitative estimate of drug-likeness (QED) is 0.632. The van der Waals surface area contributed by atoms with E-state index in [-0.39, 0.29) is 36.6 Å². The van der Waals surface area contributed by atoms with E-state index in [0.29, 0.717) is 25.4 Å². The average molecular weight is 464 g/mol. The number of fused-ring (bicyclic) bond motifs is 1. The van der Waals surface area contributed by atoms with Gasteiger partial charge >= 0.3 is 12.0 Å². The molecule has 1 aromatic rings. The van der Waals surface area contributed by atoms with Gasteiger partial charge in [0.1, 0.15) is 0 Å². The topological polar surface area (TPSA) is 61.9 Å². The second-order valence-electron chi connectivity index (χ2n) is 9.53. The second-order valence-corrected chi connectivity index (χ2v) is 9.53. The summed E-state index contributed by atoms with van der Waals surface area (Å²) in [4.78, 5) is 29.9. The summed E-state index contributed by atoms with van der Waals surface area (Å²) in [6, 6.07) is 6.96. The zero-order chi connectivity index (χ0) is 21.8. The van der Waals surface area contributed by atoms with Gasteiger partial charge in [0.25, 0.3) is 0 Å². The van der Waals surface area contributed by atoms with Gasteiger partial charge in [0.15, 0.2) is 0 Å². The van der Waals surface area contributed by atoms with Crippen LogP contribution < -0.4 is 10.2 Å². The predicted octanol–water partition coefficient (Wildman–Crippen LogP) is 4.47. The molecule has 0 spiro atoms. The number of carbonyl (C=O) groups excluding carboxylic acids is 2. The molecule has 1 aromatic carbocycles. The minimum atomic E-state index is -0.175. The standard InChI is InChI=1S/C25H37N3O3.ClH/c1-18(2)31-24(29)11-10-23-17-27(21-6-4-3-5-7-21)25(30)28(23)22-9-8-19-12-14-26-15-13-20(19)16-22;/h8-9,16,18,21,23,26H,3-7,10-15,17H2,1-2H3;1H. The Morgan fingerprint density at radius 2 is 1.84 bits per heavy atom. The molecule has 2 fully saturated rings. The number of nitrogens with one attached hydrogen (secondary N) is 1. The number of amides is 2. The first-order valence-electron chi connectivity index (χ1n) is 12.1. The van der Waals surface area contributed by atoms with Crippen LogP contribution in [0, 0.1) is 0 Å². The number of ether oxygens (including phenoxy) is 1. The van der Waals surface area contributed by atoms with Gasteiger partial charge in [-0.3, -0.25) is 9.69 Å². The lowest BCUT2D eigenvalue weighted by Crippen LogP contribution is -2.40. The molecule has 1 N–H and O–H groups in total. The molecule has 2 heterocycles. The summed E-state index contributed by atoms with van der Waals surface area (Å²) in [5.41, 5.74) is 3.69. The van der Waals surface area contributed by atoms with Crippen LogP contribution in [-0.4, -0.2) is 54.7 Å². The van der Waals surface area contributed by atoms with E-state index in [1.807, 2.05) is 18.7 Å². The molecule has 2 aliphatic heterocycles. The molecule has 0 aromatic heterocycles. The fourth-order valence-electron chi connectivity index (χ4n) is 5.34. The molecule has 7 heteroatoms.